The average Bonchev–Trinajstić information content (AvgIpc) is 2.92. The van der Waals surface area contributed by atoms with Crippen molar-refractivity contribution in [2.45, 2.75) is 51.0 Å². The Kier molecular flexibility index (Phi) is 10.3. The number of carbonyl (C=O) groups excluding carboxylic acids is 2. The zero-order valence-corrected chi connectivity index (χ0v) is 21.7. The molecule has 1 aliphatic rings. The zero-order valence-electron chi connectivity index (χ0n) is 21.7. The number of hydrogen-bond acceptors (Lipinski definition) is 7. The zero-order chi connectivity index (χ0) is 25.9. The number of amides is 1. The number of benzene rings is 2. The first-order valence-electron chi connectivity index (χ1n) is 12.4. The maximum absolute atomic E-state index is 13.2. The highest BCUT2D eigenvalue weighted by Gasteiger charge is 2.33. The molecule has 0 aliphatic carbocycles. The second-order valence-corrected chi connectivity index (χ2v) is 8.78. The molecule has 3 rings (SSSR count). The van der Waals surface area contributed by atoms with Gasteiger partial charge in [0.05, 0.1) is 41.5 Å². The first kappa shape index (κ1) is 27.2. The monoisotopic (exact) mass is 499 g/mol. The second-order valence-electron chi connectivity index (χ2n) is 8.78. The molecule has 1 amide bonds. The summed E-state index contributed by atoms with van der Waals surface area (Å²) in [7, 11) is 6.26. The summed E-state index contributed by atoms with van der Waals surface area (Å²) < 4.78 is 26.9. The van der Waals surface area contributed by atoms with Gasteiger partial charge in [-0.15, -0.1) is 0 Å². The van der Waals surface area contributed by atoms with Crippen molar-refractivity contribution < 1.29 is 33.3 Å². The molecule has 8 nitrogen and oxygen atoms in total. The molecule has 8 heteroatoms. The summed E-state index contributed by atoms with van der Waals surface area (Å²) in [4.78, 5) is 27.7. The van der Waals surface area contributed by atoms with Crippen LogP contribution >= 0.6 is 0 Å². The van der Waals surface area contributed by atoms with Crippen LogP contribution in [0.1, 0.15) is 43.2 Å². The maximum atomic E-state index is 13.2. The van der Waals surface area contributed by atoms with E-state index in [9.17, 15) is 9.59 Å². The van der Waals surface area contributed by atoms with Crippen LogP contribution in [-0.4, -0.2) is 64.4 Å². The van der Waals surface area contributed by atoms with E-state index in [1.54, 1.807) is 24.1 Å². The number of methoxy groups -OCH3 is 4. The van der Waals surface area contributed by atoms with Crippen molar-refractivity contribution in [3.8, 4) is 23.0 Å². The summed E-state index contributed by atoms with van der Waals surface area (Å²) in [5.41, 5.74) is 1.95. The molecular weight excluding hydrogens is 462 g/mol. The molecule has 1 aliphatic heterocycles. The number of unbranched alkanes of at least 4 members (excludes halogenated alkanes) is 1. The maximum Gasteiger partial charge on any atom is 0.328 e. The Morgan fingerprint density at radius 2 is 1.56 bits per heavy atom. The van der Waals surface area contributed by atoms with Gasteiger partial charge in [0.25, 0.3) is 0 Å². The molecule has 1 fully saturated rings. The van der Waals surface area contributed by atoms with Gasteiger partial charge in [-0.1, -0.05) is 12.1 Å². The molecule has 0 radical (unpaired) electrons. The molecule has 0 bridgehead atoms. The molecule has 1 atom stereocenters. The van der Waals surface area contributed by atoms with E-state index in [4.69, 9.17) is 23.7 Å². The number of rotatable bonds is 12. The first-order valence-corrected chi connectivity index (χ1v) is 12.4. The minimum absolute atomic E-state index is 0.120. The van der Waals surface area contributed by atoms with Gasteiger partial charge in [0, 0.05) is 6.54 Å². The lowest BCUT2D eigenvalue weighted by Gasteiger charge is -2.34. The molecule has 1 saturated heterocycles. The lowest BCUT2D eigenvalue weighted by Crippen LogP contribution is -2.49. The van der Waals surface area contributed by atoms with E-state index in [0.717, 1.165) is 43.4 Å². The van der Waals surface area contributed by atoms with Gasteiger partial charge in [0.1, 0.15) is 11.8 Å². The van der Waals surface area contributed by atoms with Crippen molar-refractivity contribution in [3.63, 3.8) is 0 Å². The van der Waals surface area contributed by atoms with Crippen LogP contribution in [0.4, 0.5) is 0 Å². The third-order valence-corrected chi connectivity index (χ3v) is 6.44. The lowest BCUT2D eigenvalue weighted by atomic mass is 10.0. The predicted molar refractivity (Wildman–Crippen MR) is 136 cm³/mol. The Morgan fingerprint density at radius 3 is 2.17 bits per heavy atom. The molecule has 0 aromatic heterocycles. The van der Waals surface area contributed by atoms with Crippen LogP contribution in [0.2, 0.25) is 0 Å². The standard InChI is InChI=1S/C28H37NO7/c1-32-22-13-11-20(12-14-22)9-6-8-16-36-28(31)23-10-5-7-15-29(23)26(30)19-21-17-24(33-2)27(35-4)25(18-21)34-3/h11-14,17-18,23H,5-10,15-16,19H2,1-4H3/t23-/m1/s1. The minimum atomic E-state index is -0.546. The van der Waals surface area contributed by atoms with Gasteiger partial charge < -0.3 is 28.6 Å². The smallest absolute Gasteiger partial charge is 0.328 e. The van der Waals surface area contributed by atoms with Crippen LogP contribution in [-0.2, 0) is 27.2 Å². The fourth-order valence-corrected chi connectivity index (χ4v) is 4.48. The van der Waals surface area contributed by atoms with Gasteiger partial charge >= 0.3 is 5.97 Å². The Morgan fingerprint density at radius 1 is 0.861 bits per heavy atom. The number of piperidine rings is 1. The molecule has 2 aromatic carbocycles. The molecule has 0 unspecified atom stereocenters. The SMILES string of the molecule is COc1ccc(CCCCOC(=O)[C@H]2CCCCN2C(=O)Cc2cc(OC)c(OC)c(OC)c2)cc1. The first-order chi connectivity index (χ1) is 17.5. The summed E-state index contributed by atoms with van der Waals surface area (Å²) in [5, 5.41) is 0. The number of nitrogens with zero attached hydrogens (tertiary/aromatic N) is 1. The van der Waals surface area contributed by atoms with Crippen molar-refractivity contribution >= 4 is 11.9 Å². The van der Waals surface area contributed by atoms with Gasteiger partial charge in [-0.2, -0.15) is 0 Å². The van der Waals surface area contributed by atoms with E-state index in [1.165, 1.54) is 26.9 Å². The lowest BCUT2D eigenvalue weighted by molar-refractivity contribution is -0.157. The van der Waals surface area contributed by atoms with E-state index in [0.29, 0.717) is 36.8 Å². The molecule has 0 N–H and O–H groups in total. The number of likely N-dealkylation sites (tertiary alicyclic amines) is 1. The third-order valence-electron chi connectivity index (χ3n) is 6.44. The Bertz CT molecular complexity index is 980. The van der Waals surface area contributed by atoms with Crippen LogP contribution in [0.15, 0.2) is 36.4 Å². The summed E-state index contributed by atoms with van der Waals surface area (Å²) >= 11 is 0. The van der Waals surface area contributed by atoms with Crippen LogP contribution in [0, 0.1) is 0 Å². The quantitative estimate of drug-likeness (QED) is 0.320. The van der Waals surface area contributed by atoms with Crippen LogP contribution in [0.25, 0.3) is 0 Å². The van der Waals surface area contributed by atoms with Crippen LogP contribution in [0.3, 0.4) is 0 Å². The minimum Gasteiger partial charge on any atom is -0.497 e. The highest BCUT2D eigenvalue weighted by molar-refractivity contribution is 5.86. The van der Waals surface area contributed by atoms with Crippen molar-refractivity contribution in [1.29, 1.82) is 0 Å². The molecule has 1 heterocycles. The van der Waals surface area contributed by atoms with Crippen molar-refractivity contribution in [1.82, 2.24) is 4.90 Å². The number of hydrogen-bond donors (Lipinski definition) is 0. The molecule has 0 spiro atoms. The Labute approximate surface area is 213 Å². The van der Waals surface area contributed by atoms with E-state index in [-0.39, 0.29) is 18.3 Å². The fraction of sp³-hybridized carbons (Fsp3) is 0.500. The summed E-state index contributed by atoms with van der Waals surface area (Å²) in [5.74, 6) is 1.85. The van der Waals surface area contributed by atoms with Gasteiger partial charge in [0.2, 0.25) is 11.7 Å². The Balaban J connectivity index is 1.53. The van der Waals surface area contributed by atoms with Gasteiger partial charge in [0.15, 0.2) is 11.5 Å². The predicted octanol–water partition coefficient (Wildman–Crippen LogP) is 4.21. The van der Waals surface area contributed by atoms with Crippen molar-refractivity contribution in [2.75, 3.05) is 41.6 Å². The number of ether oxygens (including phenoxy) is 5. The normalized spacial score (nSPS) is 15.2. The van der Waals surface area contributed by atoms with Gasteiger partial charge in [-0.05, 0) is 73.9 Å². The van der Waals surface area contributed by atoms with Gasteiger partial charge in [-0.25, -0.2) is 4.79 Å². The number of esters is 1. The van der Waals surface area contributed by atoms with Crippen LogP contribution in [0.5, 0.6) is 23.0 Å². The van der Waals surface area contributed by atoms with E-state index < -0.39 is 6.04 Å². The number of carbonyl (C=O) groups is 2. The summed E-state index contributed by atoms with van der Waals surface area (Å²) in [6, 6.07) is 11.0. The highest BCUT2D eigenvalue weighted by Crippen LogP contribution is 2.38. The molecular formula is C28H37NO7. The summed E-state index contributed by atoms with van der Waals surface area (Å²) in [6.45, 7) is 0.890. The second kappa shape index (κ2) is 13.6. The van der Waals surface area contributed by atoms with Gasteiger partial charge in [-0.3, -0.25) is 4.79 Å². The number of aryl methyl sites for hydroxylation is 1. The highest BCUT2D eigenvalue weighted by atomic mass is 16.5. The average molecular weight is 500 g/mol. The summed E-state index contributed by atoms with van der Waals surface area (Å²) in [6.07, 6.45) is 5.09. The third kappa shape index (κ3) is 7.06. The molecule has 0 saturated carbocycles. The molecule has 2 aromatic rings. The van der Waals surface area contributed by atoms with Crippen molar-refractivity contribution in [2.24, 2.45) is 0 Å². The fourth-order valence-electron chi connectivity index (χ4n) is 4.48. The Hall–Kier alpha value is -3.42. The van der Waals surface area contributed by atoms with E-state index in [2.05, 4.69) is 0 Å². The largest absolute Gasteiger partial charge is 0.497 e. The van der Waals surface area contributed by atoms with Crippen LogP contribution < -0.4 is 18.9 Å². The van der Waals surface area contributed by atoms with E-state index in [1.807, 2.05) is 24.3 Å². The van der Waals surface area contributed by atoms with Crippen molar-refractivity contribution in [3.05, 3.63) is 47.5 Å². The molecule has 36 heavy (non-hydrogen) atoms. The van der Waals surface area contributed by atoms with E-state index >= 15 is 0 Å². The molecule has 196 valence electrons. The topological polar surface area (TPSA) is 83.5 Å².